The van der Waals surface area contributed by atoms with Crippen molar-refractivity contribution in [3.63, 3.8) is 0 Å². The molecular formula is C20H17ClF2N2O4. The number of hydrogen-bond donors (Lipinski definition) is 0. The van der Waals surface area contributed by atoms with Crippen LogP contribution in [0, 0.1) is 11.6 Å². The van der Waals surface area contributed by atoms with Gasteiger partial charge in [0.1, 0.15) is 11.6 Å². The molecule has 2 aromatic carbocycles. The summed E-state index contributed by atoms with van der Waals surface area (Å²) in [7, 11) is 0. The van der Waals surface area contributed by atoms with Gasteiger partial charge in [0.25, 0.3) is 5.82 Å². The van der Waals surface area contributed by atoms with Crippen molar-refractivity contribution < 1.29 is 27.6 Å². The molecule has 6 nitrogen and oxygen atoms in total. The molecule has 29 heavy (non-hydrogen) atoms. The second-order valence-electron chi connectivity index (χ2n) is 5.69. The van der Waals surface area contributed by atoms with Crippen molar-refractivity contribution in [2.24, 2.45) is 0 Å². The van der Waals surface area contributed by atoms with Crippen molar-refractivity contribution >= 4 is 22.8 Å². The zero-order valence-electron chi connectivity index (χ0n) is 15.4. The van der Waals surface area contributed by atoms with Crippen LogP contribution in [-0.2, 0) is 22.4 Å². The quantitative estimate of drug-likeness (QED) is 0.439. The highest BCUT2D eigenvalue weighted by Gasteiger charge is 2.15. The molecule has 0 radical (unpaired) electrons. The summed E-state index contributed by atoms with van der Waals surface area (Å²) in [6.45, 7) is 1.94. The van der Waals surface area contributed by atoms with Crippen LogP contribution in [-0.4, -0.2) is 28.0 Å². The molecule has 0 fully saturated rings. The summed E-state index contributed by atoms with van der Waals surface area (Å²) in [5.74, 6) is -1.06. The van der Waals surface area contributed by atoms with Gasteiger partial charge < -0.3 is 9.26 Å². The first-order chi connectivity index (χ1) is 13.9. The Labute approximate surface area is 170 Å². The Morgan fingerprint density at radius 1 is 1.00 bits per heavy atom. The lowest BCUT2D eigenvalue weighted by Crippen LogP contribution is -2.06. The summed E-state index contributed by atoms with van der Waals surface area (Å²) in [6, 6.07) is 11.6. The number of rotatable bonds is 6. The average molecular weight is 423 g/mol. The maximum atomic E-state index is 12.7. The number of esters is 1. The maximum Gasteiger partial charge on any atom is 0.379 e. The molecule has 0 aliphatic carbocycles. The summed E-state index contributed by atoms with van der Waals surface area (Å²) in [5.41, 5.74) is 1.54. The molecule has 0 saturated heterocycles. The molecule has 0 saturated carbocycles. The van der Waals surface area contributed by atoms with Gasteiger partial charge in [-0.2, -0.15) is 4.98 Å². The van der Waals surface area contributed by atoms with Gasteiger partial charge in [-0.05, 0) is 59.1 Å². The van der Waals surface area contributed by atoms with Crippen LogP contribution in [0.4, 0.5) is 8.78 Å². The van der Waals surface area contributed by atoms with E-state index in [1.165, 1.54) is 36.4 Å². The third kappa shape index (κ3) is 7.79. The zero-order valence-corrected chi connectivity index (χ0v) is 16.2. The normalized spacial score (nSPS) is 10.1. The molecule has 0 spiro atoms. The topological polar surface area (TPSA) is 82.3 Å². The van der Waals surface area contributed by atoms with Crippen LogP contribution in [0.2, 0.25) is 0 Å². The number of halogens is 3. The fourth-order valence-electron chi connectivity index (χ4n) is 2.14. The number of nitrogens with zero attached hydrogens (tertiary/aromatic N) is 2. The van der Waals surface area contributed by atoms with E-state index in [9.17, 15) is 18.4 Å². The fraction of sp³-hybridized carbons (Fsp3) is 0.200. The molecule has 3 aromatic rings. The van der Waals surface area contributed by atoms with Crippen LogP contribution < -0.4 is 0 Å². The van der Waals surface area contributed by atoms with Crippen molar-refractivity contribution in [3.8, 4) is 0 Å². The number of ether oxygens (including phenoxy) is 1. The molecule has 0 amide bonds. The predicted molar refractivity (Wildman–Crippen MR) is 100 cm³/mol. The first kappa shape index (κ1) is 22.2. The lowest BCUT2D eigenvalue weighted by molar-refractivity contribution is -0.111. The number of carbonyl (C=O) groups excluding carboxylic acids is 2. The molecule has 1 aromatic heterocycles. The molecule has 0 unspecified atom stereocenters. The van der Waals surface area contributed by atoms with E-state index in [0.29, 0.717) is 6.42 Å². The van der Waals surface area contributed by atoms with E-state index in [4.69, 9.17) is 20.9 Å². The van der Waals surface area contributed by atoms with Crippen LogP contribution in [0.5, 0.6) is 0 Å². The zero-order chi connectivity index (χ0) is 21.2. The molecule has 0 aliphatic heterocycles. The Morgan fingerprint density at radius 3 is 2.07 bits per heavy atom. The van der Waals surface area contributed by atoms with E-state index in [2.05, 4.69) is 10.1 Å². The van der Waals surface area contributed by atoms with Gasteiger partial charge in [-0.1, -0.05) is 24.3 Å². The molecule has 1 heterocycles. The number of carbonyl (C=O) groups is 2. The Kier molecular flexibility index (Phi) is 8.42. The Hall–Kier alpha value is -3.13. The van der Waals surface area contributed by atoms with Crippen LogP contribution in [0.1, 0.15) is 34.6 Å². The number of benzene rings is 2. The minimum atomic E-state index is -0.619. The molecule has 0 atom stereocenters. The molecule has 0 bridgehead atoms. The smallest absolute Gasteiger partial charge is 0.379 e. The number of aromatic nitrogens is 2. The Bertz CT molecular complexity index is 944. The predicted octanol–water partition coefficient (Wildman–Crippen LogP) is 4.11. The largest absolute Gasteiger partial charge is 0.460 e. The monoisotopic (exact) mass is 422 g/mol. The van der Waals surface area contributed by atoms with Gasteiger partial charge in [0, 0.05) is 6.42 Å². The summed E-state index contributed by atoms with van der Waals surface area (Å²) in [5, 5.41) is 3.08. The summed E-state index contributed by atoms with van der Waals surface area (Å²) >= 11 is 5.12. The molecule has 9 heteroatoms. The summed E-state index contributed by atoms with van der Waals surface area (Å²) in [6.07, 6.45) is 0.495. The molecule has 152 valence electrons. The standard InChI is InChI=1S/C12H11FN2O3.C8H6ClFO/c1-2-17-12(16)11-14-10(18-15-11)7-8-3-5-9(13)6-4-8;9-8(11)5-6-1-3-7(10)4-2-6/h3-6H,2,7H2,1H3;1-4H,5H2. The third-order valence-electron chi connectivity index (χ3n) is 3.45. The van der Waals surface area contributed by atoms with Gasteiger partial charge in [-0.3, -0.25) is 4.79 Å². The van der Waals surface area contributed by atoms with E-state index in [1.807, 2.05) is 0 Å². The SMILES string of the molecule is CCOC(=O)c1noc(Cc2ccc(F)cc2)n1.O=C(Cl)Cc1ccc(F)cc1. The van der Waals surface area contributed by atoms with Gasteiger partial charge in [0.15, 0.2) is 0 Å². The first-order valence-corrected chi connectivity index (χ1v) is 8.92. The van der Waals surface area contributed by atoms with Crippen molar-refractivity contribution in [2.45, 2.75) is 19.8 Å². The third-order valence-corrected chi connectivity index (χ3v) is 3.58. The van der Waals surface area contributed by atoms with Crippen LogP contribution in [0.3, 0.4) is 0 Å². The Balaban J connectivity index is 0.000000234. The van der Waals surface area contributed by atoms with E-state index in [0.717, 1.165) is 11.1 Å². The highest BCUT2D eigenvalue weighted by molar-refractivity contribution is 6.63. The summed E-state index contributed by atoms with van der Waals surface area (Å²) in [4.78, 5) is 25.6. The van der Waals surface area contributed by atoms with Crippen molar-refractivity contribution in [2.75, 3.05) is 6.61 Å². The van der Waals surface area contributed by atoms with E-state index in [-0.39, 0.29) is 36.4 Å². The molecule has 3 rings (SSSR count). The Morgan fingerprint density at radius 2 is 1.55 bits per heavy atom. The van der Waals surface area contributed by atoms with E-state index >= 15 is 0 Å². The van der Waals surface area contributed by atoms with Gasteiger partial charge in [0.05, 0.1) is 13.0 Å². The maximum absolute atomic E-state index is 12.7. The van der Waals surface area contributed by atoms with Gasteiger partial charge in [-0.15, -0.1) is 0 Å². The van der Waals surface area contributed by atoms with Crippen molar-refractivity contribution in [3.05, 3.63) is 83.0 Å². The van der Waals surface area contributed by atoms with Crippen LogP contribution >= 0.6 is 11.6 Å². The van der Waals surface area contributed by atoms with Crippen molar-refractivity contribution in [1.29, 1.82) is 0 Å². The lowest BCUT2D eigenvalue weighted by Gasteiger charge is -1.95. The summed E-state index contributed by atoms with van der Waals surface area (Å²) < 4.78 is 34.7. The highest BCUT2D eigenvalue weighted by atomic mass is 35.5. The second kappa shape index (κ2) is 11.0. The van der Waals surface area contributed by atoms with Crippen LogP contribution in [0.15, 0.2) is 53.1 Å². The molecular weight excluding hydrogens is 406 g/mol. The lowest BCUT2D eigenvalue weighted by atomic mass is 10.1. The fourth-order valence-corrected chi connectivity index (χ4v) is 2.30. The van der Waals surface area contributed by atoms with Crippen molar-refractivity contribution in [1.82, 2.24) is 10.1 Å². The minimum absolute atomic E-state index is 0.103. The van der Waals surface area contributed by atoms with E-state index < -0.39 is 11.2 Å². The van der Waals surface area contributed by atoms with E-state index in [1.54, 1.807) is 19.1 Å². The number of hydrogen-bond acceptors (Lipinski definition) is 6. The molecule has 0 aliphatic rings. The van der Waals surface area contributed by atoms with Gasteiger partial charge in [-0.25, -0.2) is 13.6 Å². The van der Waals surface area contributed by atoms with Crippen LogP contribution in [0.25, 0.3) is 0 Å². The minimum Gasteiger partial charge on any atom is -0.460 e. The molecule has 0 N–H and O–H groups in total. The van der Waals surface area contributed by atoms with Gasteiger partial charge in [0.2, 0.25) is 11.1 Å². The second-order valence-corrected chi connectivity index (χ2v) is 6.12. The van der Waals surface area contributed by atoms with Gasteiger partial charge >= 0.3 is 5.97 Å². The average Bonchev–Trinajstić information content (AvgIpc) is 3.15. The first-order valence-electron chi connectivity index (χ1n) is 8.54. The highest BCUT2D eigenvalue weighted by Crippen LogP contribution is 2.09.